The van der Waals surface area contributed by atoms with Gasteiger partial charge in [0.25, 0.3) is 0 Å². The second kappa shape index (κ2) is 6.02. The first kappa shape index (κ1) is 12.4. The molecule has 1 heterocycles. The number of para-hydroxylation sites is 1. The maximum Gasteiger partial charge on any atom is 0.185 e. The van der Waals surface area contributed by atoms with Gasteiger partial charge in [0, 0.05) is 7.11 Å². The lowest BCUT2D eigenvalue weighted by Gasteiger charge is -2.09. The van der Waals surface area contributed by atoms with Crippen LogP contribution in [0.15, 0.2) is 40.8 Å². The fourth-order valence-corrected chi connectivity index (χ4v) is 1.59. The molecule has 0 atom stereocenters. The van der Waals surface area contributed by atoms with Crippen LogP contribution in [0.4, 0.5) is 0 Å². The average Bonchev–Trinajstić information content (AvgIpc) is 2.88. The summed E-state index contributed by atoms with van der Waals surface area (Å²) in [4.78, 5) is 10.6. The monoisotopic (exact) mass is 246 g/mol. The number of ether oxygens (including phenoxy) is 2. The van der Waals surface area contributed by atoms with Crippen LogP contribution < -0.4 is 4.74 Å². The Balaban J connectivity index is 2.23. The maximum atomic E-state index is 10.6. The van der Waals surface area contributed by atoms with Gasteiger partial charge >= 0.3 is 0 Å². The Bertz CT molecular complexity index is 516. The highest BCUT2D eigenvalue weighted by molar-refractivity contribution is 5.74. The molecule has 0 aliphatic carbocycles. The first-order chi connectivity index (χ1) is 8.85. The molecule has 4 nitrogen and oxygen atoms in total. The fourth-order valence-electron chi connectivity index (χ4n) is 1.59. The van der Waals surface area contributed by atoms with E-state index in [0.717, 1.165) is 5.56 Å². The zero-order valence-electron chi connectivity index (χ0n) is 10.1. The third kappa shape index (κ3) is 2.78. The number of carbonyl (C=O) groups excluding carboxylic acids is 1. The summed E-state index contributed by atoms with van der Waals surface area (Å²) in [5, 5.41) is 0. The number of methoxy groups -OCH3 is 1. The van der Waals surface area contributed by atoms with Crippen LogP contribution in [-0.2, 0) is 4.74 Å². The van der Waals surface area contributed by atoms with Crippen LogP contribution in [-0.4, -0.2) is 26.6 Å². The number of carbonyl (C=O) groups is 1. The van der Waals surface area contributed by atoms with Crippen molar-refractivity contribution >= 4 is 6.29 Å². The molecule has 4 heteroatoms. The van der Waals surface area contributed by atoms with E-state index >= 15 is 0 Å². The summed E-state index contributed by atoms with van der Waals surface area (Å²) in [6.45, 7) is 0.987. The highest BCUT2D eigenvalue weighted by Gasteiger charge is 2.09. The second-order valence-corrected chi connectivity index (χ2v) is 3.66. The van der Waals surface area contributed by atoms with Gasteiger partial charge in [-0.15, -0.1) is 0 Å². The summed E-state index contributed by atoms with van der Waals surface area (Å²) in [7, 11) is 1.62. The van der Waals surface area contributed by atoms with Crippen molar-refractivity contribution in [3.8, 4) is 17.1 Å². The van der Waals surface area contributed by atoms with Crippen molar-refractivity contribution in [3.63, 3.8) is 0 Å². The third-order valence-electron chi connectivity index (χ3n) is 2.44. The summed E-state index contributed by atoms with van der Waals surface area (Å²) in [6, 6.07) is 10.9. The molecule has 0 saturated heterocycles. The van der Waals surface area contributed by atoms with Crippen molar-refractivity contribution in [3.05, 3.63) is 42.2 Å². The normalized spacial score (nSPS) is 10.3. The summed E-state index contributed by atoms with van der Waals surface area (Å²) < 4.78 is 15.9. The van der Waals surface area contributed by atoms with Crippen LogP contribution in [0, 0.1) is 0 Å². The molecular formula is C14H14O4. The van der Waals surface area contributed by atoms with Crippen LogP contribution >= 0.6 is 0 Å². The summed E-state index contributed by atoms with van der Waals surface area (Å²) in [5.74, 6) is 1.63. The number of benzene rings is 1. The van der Waals surface area contributed by atoms with Gasteiger partial charge in [-0.1, -0.05) is 12.1 Å². The van der Waals surface area contributed by atoms with E-state index < -0.39 is 0 Å². The zero-order chi connectivity index (χ0) is 12.8. The molecule has 0 fully saturated rings. The standard InChI is InChI=1S/C14H14O4/c1-16-8-9-17-13-5-3-2-4-12(13)14-7-6-11(10-15)18-14/h2-7,10H,8-9H2,1H3. The lowest BCUT2D eigenvalue weighted by Crippen LogP contribution is -2.04. The van der Waals surface area contributed by atoms with Gasteiger partial charge in [-0.25, -0.2) is 0 Å². The Morgan fingerprint density at radius 3 is 2.72 bits per heavy atom. The highest BCUT2D eigenvalue weighted by Crippen LogP contribution is 2.30. The quantitative estimate of drug-likeness (QED) is 0.581. The minimum atomic E-state index is 0.302. The number of hydrogen-bond acceptors (Lipinski definition) is 4. The summed E-state index contributed by atoms with van der Waals surface area (Å²) >= 11 is 0. The van der Waals surface area contributed by atoms with E-state index in [-0.39, 0.29) is 0 Å². The molecule has 18 heavy (non-hydrogen) atoms. The van der Waals surface area contributed by atoms with Crippen molar-refractivity contribution < 1.29 is 18.7 Å². The predicted molar refractivity (Wildman–Crippen MR) is 66.9 cm³/mol. The van der Waals surface area contributed by atoms with E-state index in [2.05, 4.69) is 0 Å². The molecule has 0 saturated carbocycles. The third-order valence-corrected chi connectivity index (χ3v) is 2.44. The molecule has 94 valence electrons. The van der Waals surface area contributed by atoms with Gasteiger partial charge in [-0.05, 0) is 24.3 Å². The van der Waals surface area contributed by atoms with Crippen LogP contribution in [0.2, 0.25) is 0 Å². The van der Waals surface area contributed by atoms with Crippen LogP contribution in [0.25, 0.3) is 11.3 Å². The first-order valence-electron chi connectivity index (χ1n) is 5.61. The van der Waals surface area contributed by atoms with Gasteiger partial charge in [-0.3, -0.25) is 4.79 Å². The van der Waals surface area contributed by atoms with Gasteiger partial charge in [0.2, 0.25) is 0 Å². The second-order valence-electron chi connectivity index (χ2n) is 3.66. The van der Waals surface area contributed by atoms with E-state index in [1.807, 2.05) is 24.3 Å². The topological polar surface area (TPSA) is 48.7 Å². The molecule has 0 aliphatic rings. The highest BCUT2D eigenvalue weighted by atomic mass is 16.5. The first-order valence-corrected chi connectivity index (χ1v) is 5.61. The van der Waals surface area contributed by atoms with Crippen LogP contribution in [0.5, 0.6) is 5.75 Å². The SMILES string of the molecule is COCCOc1ccccc1-c1ccc(C=O)o1. The number of furan rings is 1. The summed E-state index contributed by atoms with van der Waals surface area (Å²) in [6.07, 6.45) is 0.678. The minimum Gasteiger partial charge on any atom is -0.490 e. The van der Waals surface area contributed by atoms with E-state index in [1.165, 1.54) is 0 Å². The van der Waals surface area contributed by atoms with Crippen molar-refractivity contribution in [2.24, 2.45) is 0 Å². The van der Waals surface area contributed by atoms with E-state index in [4.69, 9.17) is 13.9 Å². The Kier molecular flexibility index (Phi) is 4.15. The predicted octanol–water partition coefficient (Wildman–Crippen LogP) is 2.78. The lowest BCUT2D eigenvalue weighted by atomic mass is 10.1. The Labute approximate surface area is 105 Å². The molecule has 0 unspecified atom stereocenters. The Morgan fingerprint density at radius 2 is 2.00 bits per heavy atom. The van der Waals surface area contributed by atoms with Gasteiger partial charge < -0.3 is 13.9 Å². The molecule has 0 N–H and O–H groups in total. The molecule has 0 amide bonds. The zero-order valence-corrected chi connectivity index (χ0v) is 10.1. The Hall–Kier alpha value is -2.07. The number of hydrogen-bond donors (Lipinski definition) is 0. The van der Waals surface area contributed by atoms with Gasteiger partial charge in [0.15, 0.2) is 12.0 Å². The number of rotatable bonds is 6. The van der Waals surface area contributed by atoms with E-state index in [0.29, 0.717) is 36.8 Å². The largest absolute Gasteiger partial charge is 0.490 e. The van der Waals surface area contributed by atoms with Crippen molar-refractivity contribution in [1.29, 1.82) is 0 Å². The van der Waals surface area contributed by atoms with Gasteiger partial charge in [0.1, 0.15) is 18.1 Å². The fraction of sp³-hybridized carbons (Fsp3) is 0.214. The molecule has 1 aromatic carbocycles. The molecule has 0 radical (unpaired) electrons. The van der Waals surface area contributed by atoms with Crippen molar-refractivity contribution in [2.75, 3.05) is 20.3 Å². The van der Waals surface area contributed by atoms with Crippen molar-refractivity contribution in [1.82, 2.24) is 0 Å². The van der Waals surface area contributed by atoms with E-state index in [9.17, 15) is 4.79 Å². The molecule has 2 rings (SSSR count). The van der Waals surface area contributed by atoms with Gasteiger partial charge in [0.05, 0.1) is 12.2 Å². The maximum absolute atomic E-state index is 10.6. The van der Waals surface area contributed by atoms with E-state index in [1.54, 1.807) is 19.2 Å². The minimum absolute atomic E-state index is 0.302. The van der Waals surface area contributed by atoms with Crippen LogP contribution in [0.1, 0.15) is 10.6 Å². The lowest BCUT2D eigenvalue weighted by molar-refractivity contribution is 0.110. The number of aldehydes is 1. The van der Waals surface area contributed by atoms with Crippen LogP contribution in [0.3, 0.4) is 0 Å². The molecular weight excluding hydrogens is 232 g/mol. The molecule has 0 spiro atoms. The molecule has 0 aliphatic heterocycles. The van der Waals surface area contributed by atoms with Crippen molar-refractivity contribution in [2.45, 2.75) is 0 Å². The summed E-state index contributed by atoms with van der Waals surface area (Å²) in [5.41, 5.74) is 0.821. The smallest absolute Gasteiger partial charge is 0.185 e. The molecule has 0 bridgehead atoms. The van der Waals surface area contributed by atoms with Gasteiger partial charge in [-0.2, -0.15) is 0 Å². The Morgan fingerprint density at radius 1 is 1.17 bits per heavy atom. The molecule has 2 aromatic rings. The average molecular weight is 246 g/mol. The molecule has 1 aromatic heterocycles.